The summed E-state index contributed by atoms with van der Waals surface area (Å²) in [5.41, 5.74) is 2.70. The van der Waals surface area contributed by atoms with Crippen molar-refractivity contribution in [1.29, 1.82) is 0 Å². The highest BCUT2D eigenvalue weighted by Crippen LogP contribution is 2.26. The number of benzene rings is 2. The van der Waals surface area contributed by atoms with E-state index in [0.717, 1.165) is 11.1 Å². The normalized spacial score (nSPS) is 17.2. The Morgan fingerprint density at radius 3 is 2.23 bits per heavy atom. The van der Waals surface area contributed by atoms with E-state index in [0.29, 0.717) is 24.5 Å². The zero-order valence-electron chi connectivity index (χ0n) is 16.9. The van der Waals surface area contributed by atoms with E-state index >= 15 is 0 Å². The maximum absolute atomic E-state index is 13.0. The molecule has 0 N–H and O–H groups in total. The Kier molecular flexibility index (Phi) is 5.49. The molecule has 1 fully saturated rings. The minimum atomic E-state index is -3.61. The van der Waals surface area contributed by atoms with Crippen LogP contribution in [-0.4, -0.2) is 31.9 Å². The number of nitrogens with zero attached hydrogens (tertiary/aromatic N) is 1. The predicted octanol–water partition coefficient (Wildman–Crippen LogP) is 3.77. The zero-order chi connectivity index (χ0) is 21.3. The van der Waals surface area contributed by atoms with Gasteiger partial charge in [-0.2, -0.15) is 4.31 Å². The third-order valence-electron chi connectivity index (χ3n) is 5.15. The van der Waals surface area contributed by atoms with Crippen molar-refractivity contribution in [3.8, 4) is 16.9 Å². The van der Waals surface area contributed by atoms with Crippen LogP contribution >= 0.6 is 0 Å². The van der Waals surface area contributed by atoms with Crippen LogP contribution in [-0.2, 0) is 10.0 Å². The van der Waals surface area contributed by atoms with E-state index in [-0.39, 0.29) is 17.5 Å². The van der Waals surface area contributed by atoms with Crippen molar-refractivity contribution in [3.05, 3.63) is 82.4 Å². The van der Waals surface area contributed by atoms with Crippen molar-refractivity contribution in [2.75, 3.05) is 13.1 Å². The van der Waals surface area contributed by atoms with E-state index in [9.17, 15) is 13.2 Å². The molecular weight excluding hydrogens is 402 g/mol. The molecule has 1 saturated heterocycles. The highest BCUT2D eigenvalue weighted by atomic mass is 32.2. The number of ether oxygens (including phenoxy) is 1. The molecule has 0 radical (unpaired) electrons. The smallest absolute Gasteiger partial charge is 0.339 e. The lowest BCUT2D eigenvalue weighted by atomic mass is 10.0. The van der Waals surface area contributed by atoms with Gasteiger partial charge in [-0.25, -0.2) is 13.2 Å². The molecule has 1 unspecified atom stereocenters. The zero-order valence-corrected chi connectivity index (χ0v) is 17.7. The van der Waals surface area contributed by atoms with Gasteiger partial charge in [0.15, 0.2) is 0 Å². The monoisotopic (exact) mass is 425 g/mol. The molecule has 2 aromatic carbocycles. The fraction of sp³-hybridized carbons (Fsp3) is 0.261. The van der Waals surface area contributed by atoms with Gasteiger partial charge >= 0.3 is 5.63 Å². The van der Waals surface area contributed by atoms with Gasteiger partial charge in [-0.05, 0) is 43.5 Å². The second-order valence-corrected chi connectivity index (χ2v) is 9.44. The van der Waals surface area contributed by atoms with Gasteiger partial charge in [0.1, 0.15) is 17.6 Å². The third kappa shape index (κ3) is 4.32. The fourth-order valence-corrected chi connectivity index (χ4v) is 5.05. The van der Waals surface area contributed by atoms with Crippen LogP contribution in [0.1, 0.15) is 17.7 Å². The van der Waals surface area contributed by atoms with Crippen LogP contribution in [0.3, 0.4) is 0 Å². The van der Waals surface area contributed by atoms with Crippen molar-refractivity contribution >= 4 is 10.0 Å². The second kappa shape index (κ2) is 8.08. The highest BCUT2D eigenvalue weighted by molar-refractivity contribution is 7.89. The topological polar surface area (TPSA) is 76.8 Å². The maximum atomic E-state index is 13.0. The largest absolute Gasteiger partial charge is 0.489 e. The summed E-state index contributed by atoms with van der Waals surface area (Å²) in [7, 11) is -3.61. The SMILES string of the molecule is Cc1ccc(-c2ccc(S(=O)(=O)N3CCC(Oc4cc(C)oc(=O)c4)C3)cc2)cc1. The van der Waals surface area contributed by atoms with Gasteiger partial charge in [-0.15, -0.1) is 0 Å². The van der Waals surface area contributed by atoms with Crippen molar-refractivity contribution in [2.24, 2.45) is 0 Å². The lowest BCUT2D eigenvalue weighted by Gasteiger charge is -2.17. The molecule has 0 bridgehead atoms. The lowest BCUT2D eigenvalue weighted by molar-refractivity contribution is 0.213. The average Bonchev–Trinajstić information content (AvgIpc) is 3.17. The van der Waals surface area contributed by atoms with E-state index in [1.165, 1.54) is 15.9 Å². The van der Waals surface area contributed by atoms with Gasteiger partial charge < -0.3 is 9.15 Å². The molecule has 3 aromatic rings. The summed E-state index contributed by atoms with van der Waals surface area (Å²) in [6.07, 6.45) is 0.243. The van der Waals surface area contributed by atoms with E-state index in [1.807, 2.05) is 43.3 Å². The molecule has 7 heteroatoms. The van der Waals surface area contributed by atoms with Crippen LogP contribution in [0.25, 0.3) is 11.1 Å². The summed E-state index contributed by atoms with van der Waals surface area (Å²) in [5.74, 6) is 0.851. The van der Waals surface area contributed by atoms with E-state index < -0.39 is 15.6 Å². The van der Waals surface area contributed by atoms with Crippen LogP contribution in [0.5, 0.6) is 5.75 Å². The first-order valence-corrected chi connectivity index (χ1v) is 11.2. The molecule has 4 rings (SSSR count). The number of hydrogen-bond donors (Lipinski definition) is 0. The molecule has 1 aliphatic rings. The Balaban J connectivity index is 1.47. The Morgan fingerprint density at radius 2 is 1.60 bits per heavy atom. The summed E-state index contributed by atoms with van der Waals surface area (Å²) >= 11 is 0. The predicted molar refractivity (Wildman–Crippen MR) is 114 cm³/mol. The van der Waals surface area contributed by atoms with E-state index in [2.05, 4.69) is 0 Å². The van der Waals surface area contributed by atoms with Gasteiger partial charge in [0.25, 0.3) is 0 Å². The van der Waals surface area contributed by atoms with Crippen molar-refractivity contribution < 1.29 is 17.6 Å². The van der Waals surface area contributed by atoms with Crippen LogP contribution in [0.2, 0.25) is 0 Å². The number of rotatable bonds is 5. The summed E-state index contributed by atoms with van der Waals surface area (Å²) < 4.78 is 38.2. The minimum Gasteiger partial charge on any atom is -0.489 e. The minimum absolute atomic E-state index is 0.237. The van der Waals surface area contributed by atoms with Crippen molar-refractivity contribution in [3.63, 3.8) is 0 Å². The highest BCUT2D eigenvalue weighted by Gasteiger charge is 2.33. The van der Waals surface area contributed by atoms with Gasteiger partial charge in [0, 0.05) is 12.6 Å². The Bertz CT molecular complexity index is 1200. The Labute approximate surface area is 175 Å². The first-order chi connectivity index (χ1) is 14.3. The number of aryl methyl sites for hydroxylation is 2. The van der Waals surface area contributed by atoms with Crippen molar-refractivity contribution in [1.82, 2.24) is 4.31 Å². The van der Waals surface area contributed by atoms with Gasteiger partial charge in [-0.3, -0.25) is 0 Å². The maximum Gasteiger partial charge on any atom is 0.339 e. The molecule has 0 amide bonds. The molecule has 0 spiro atoms. The summed E-state index contributed by atoms with van der Waals surface area (Å²) in [6.45, 7) is 4.30. The Hall–Kier alpha value is -2.90. The second-order valence-electron chi connectivity index (χ2n) is 7.50. The summed E-state index contributed by atoms with van der Waals surface area (Å²) in [4.78, 5) is 11.7. The van der Waals surface area contributed by atoms with Crippen LogP contribution in [0.4, 0.5) is 0 Å². The van der Waals surface area contributed by atoms with Crippen LogP contribution in [0, 0.1) is 13.8 Å². The summed E-state index contributed by atoms with van der Waals surface area (Å²) in [6, 6.07) is 17.9. The molecule has 0 aliphatic carbocycles. The van der Waals surface area contributed by atoms with Gasteiger partial charge in [0.05, 0.1) is 17.5 Å². The quantitative estimate of drug-likeness (QED) is 0.622. The molecule has 1 atom stereocenters. The van der Waals surface area contributed by atoms with E-state index in [4.69, 9.17) is 9.15 Å². The third-order valence-corrected chi connectivity index (χ3v) is 7.03. The molecule has 0 saturated carbocycles. The molecule has 1 aromatic heterocycles. The fourth-order valence-electron chi connectivity index (χ4n) is 3.56. The standard InChI is InChI=1S/C23H23NO5S/c1-16-3-5-18(6-4-16)19-7-9-22(10-8-19)30(26,27)24-12-11-20(15-24)29-21-13-17(2)28-23(25)14-21/h3-10,13-14,20H,11-12,15H2,1-2H3. The van der Waals surface area contributed by atoms with Gasteiger partial charge in [-0.1, -0.05) is 42.0 Å². The number of hydrogen-bond acceptors (Lipinski definition) is 5. The molecule has 156 valence electrons. The number of sulfonamides is 1. The molecule has 2 heterocycles. The van der Waals surface area contributed by atoms with E-state index in [1.54, 1.807) is 25.1 Å². The first-order valence-electron chi connectivity index (χ1n) is 9.77. The molecular formula is C23H23NO5S. The Morgan fingerprint density at radius 1 is 0.967 bits per heavy atom. The van der Waals surface area contributed by atoms with Crippen LogP contribution in [0.15, 0.2) is 74.8 Å². The molecule has 6 nitrogen and oxygen atoms in total. The first kappa shape index (κ1) is 20.4. The van der Waals surface area contributed by atoms with Gasteiger partial charge in [0.2, 0.25) is 10.0 Å². The lowest BCUT2D eigenvalue weighted by Crippen LogP contribution is -2.31. The molecule has 1 aliphatic heterocycles. The summed E-state index contributed by atoms with van der Waals surface area (Å²) in [5, 5.41) is 0. The van der Waals surface area contributed by atoms with Crippen LogP contribution < -0.4 is 10.4 Å². The average molecular weight is 426 g/mol. The van der Waals surface area contributed by atoms with Crippen molar-refractivity contribution in [2.45, 2.75) is 31.3 Å². The molecule has 30 heavy (non-hydrogen) atoms.